The molecule has 0 radical (unpaired) electrons. The van der Waals surface area contributed by atoms with Crippen molar-refractivity contribution in [2.45, 2.75) is 33.1 Å². The highest BCUT2D eigenvalue weighted by Crippen LogP contribution is 2.37. The predicted octanol–water partition coefficient (Wildman–Crippen LogP) is 5.98. The minimum Gasteiger partial charge on any atom is -0.490 e. The Labute approximate surface area is 161 Å². The maximum Gasteiger partial charge on any atom is 0.161 e. The Morgan fingerprint density at radius 2 is 1.59 bits per heavy atom. The van der Waals surface area contributed by atoms with Crippen LogP contribution in [-0.4, -0.2) is 13.2 Å². The molecule has 0 bridgehead atoms. The van der Waals surface area contributed by atoms with Gasteiger partial charge in [-0.1, -0.05) is 54.1 Å². The zero-order valence-electron chi connectivity index (χ0n) is 16.1. The molecule has 138 valence electrons. The van der Waals surface area contributed by atoms with Gasteiger partial charge in [0.15, 0.2) is 11.5 Å². The molecule has 0 spiro atoms. The molecule has 0 atom stereocenters. The Morgan fingerprint density at radius 3 is 2.48 bits per heavy atom. The van der Waals surface area contributed by atoms with Crippen molar-refractivity contribution in [2.75, 3.05) is 13.2 Å². The van der Waals surface area contributed by atoms with Gasteiger partial charge in [0.1, 0.15) is 0 Å². The number of allylic oxidation sites excluding steroid dienone is 6. The fraction of sp³-hybridized carbons (Fsp3) is 0.280. The van der Waals surface area contributed by atoms with Crippen molar-refractivity contribution in [3.63, 3.8) is 0 Å². The van der Waals surface area contributed by atoms with Crippen LogP contribution >= 0.6 is 0 Å². The van der Waals surface area contributed by atoms with Crippen LogP contribution in [0.15, 0.2) is 66.3 Å². The Morgan fingerprint density at radius 1 is 0.815 bits per heavy atom. The van der Waals surface area contributed by atoms with E-state index in [1.165, 1.54) is 33.4 Å². The fourth-order valence-corrected chi connectivity index (χ4v) is 3.76. The van der Waals surface area contributed by atoms with Crippen molar-refractivity contribution in [3.8, 4) is 11.5 Å². The lowest BCUT2D eigenvalue weighted by Gasteiger charge is -2.06. The van der Waals surface area contributed by atoms with Crippen molar-refractivity contribution in [2.24, 2.45) is 0 Å². The van der Waals surface area contributed by atoms with E-state index in [0.29, 0.717) is 0 Å². The van der Waals surface area contributed by atoms with Gasteiger partial charge in [-0.2, -0.15) is 0 Å². The molecule has 0 aromatic heterocycles. The van der Waals surface area contributed by atoms with Gasteiger partial charge in [-0.05, 0) is 66.7 Å². The van der Waals surface area contributed by atoms with Gasteiger partial charge < -0.3 is 9.47 Å². The number of rotatable bonds is 0. The van der Waals surface area contributed by atoms with E-state index < -0.39 is 0 Å². The van der Waals surface area contributed by atoms with Crippen LogP contribution in [0.3, 0.4) is 0 Å². The van der Waals surface area contributed by atoms with Gasteiger partial charge in [-0.25, -0.2) is 0 Å². The third-order valence-electron chi connectivity index (χ3n) is 5.12. The van der Waals surface area contributed by atoms with E-state index in [9.17, 15) is 0 Å². The summed E-state index contributed by atoms with van der Waals surface area (Å²) in [4.78, 5) is 0. The van der Waals surface area contributed by atoms with Gasteiger partial charge in [0.2, 0.25) is 0 Å². The number of ether oxygens (including phenoxy) is 2. The van der Waals surface area contributed by atoms with Crippen LogP contribution in [0.2, 0.25) is 0 Å². The smallest absolute Gasteiger partial charge is 0.161 e. The molecule has 1 aliphatic heterocycles. The average Bonchev–Trinajstić information content (AvgIpc) is 2.85. The first-order valence-corrected chi connectivity index (χ1v) is 9.72. The van der Waals surface area contributed by atoms with Crippen LogP contribution in [0, 0.1) is 13.8 Å². The number of hydrogen-bond acceptors (Lipinski definition) is 2. The second-order valence-electron chi connectivity index (χ2n) is 7.33. The molecule has 27 heavy (non-hydrogen) atoms. The Bertz CT molecular complexity index is 931. The van der Waals surface area contributed by atoms with Crippen molar-refractivity contribution < 1.29 is 9.47 Å². The van der Waals surface area contributed by atoms with Crippen molar-refractivity contribution in [1.29, 1.82) is 0 Å². The lowest BCUT2D eigenvalue weighted by atomic mass is 10.0. The quantitative estimate of drug-likeness (QED) is 0.577. The molecule has 2 aromatic rings. The van der Waals surface area contributed by atoms with Gasteiger partial charge in [0.05, 0.1) is 13.2 Å². The highest BCUT2D eigenvalue weighted by Gasteiger charge is 2.19. The lowest BCUT2D eigenvalue weighted by Crippen LogP contribution is -1.97. The van der Waals surface area contributed by atoms with Crippen molar-refractivity contribution in [3.05, 3.63) is 88.5 Å². The van der Waals surface area contributed by atoms with E-state index in [1.807, 2.05) is 18.2 Å². The largest absolute Gasteiger partial charge is 0.490 e. The monoisotopic (exact) mass is 358 g/mol. The molecule has 0 amide bonds. The first-order valence-electron chi connectivity index (χ1n) is 9.72. The van der Waals surface area contributed by atoms with E-state index in [-0.39, 0.29) is 0 Å². The van der Waals surface area contributed by atoms with Gasteiger partial charge >= 0.3 is 0 Å². The van der Waals surface area contributed by atoms with Gasteiger partial charge in [-0.3, -0.25) is 0 Å². The molecule has 2 heteroatoms. The maximum atomic E-state index is 5.50. The molecule has 0 saturated carbocycles. The summed E-state index contributed by atoms with van der Waals surface area (Å²) in [5.41, 5.74) is 8.56. The number of fused-ring (bicyclic) bond motifs is 3. The Balaban J connectivity index is 0.000000137. The summed E-state index contributed by atoms with van der Waals surface area (Å²) < 4.78 is 11.0. The summed E-state index contributed by atoms with van der Waals surface area (Å²) in [6.07, 6.45) is 12.0. The van der Waals surface area contributed by atoms with E-state index in [4.69, 9.17) is 9.47 Å². The van der Waals surface area contributed by atoms with Crippen LogP contribution in [0.5, 0.6) is 11.5 Å². The van der Waals surface area contributed by atoms with Gasteiger partial charge in [-0.15, -0.1) is 0 Å². The molecule has 3 aliphatic rings. The molecule has 0 saturated heterocycles. The third-order valence-corrected chi connectivity index (χ3v) is 5.12. The van der Waals surface area contributed by atoms with Crippen LogP contribution in [0.1, 0.15) is 35.1 Å². The topological polar surface area (TPSA) is 18.5 Å². The van der Waals surface area contributed by atoms with Crippen LogP contribution < -0.4 is 9.47 Å². The molecule has 2 aromatic carbocycles. The number of aryl methyl sites for hydroxylation is 2. The number of hydrogen-bond donors (Lipinski definition) is 0. The standard InChI is InChI=1S/C15H14.C10H12O2/c1-11-7-8-15-13(9-11)10-12-5-3-2-4-6-14(12)15;1-8-3-4-9-10(7-8)12-6-2-5-11-9/h2-5,7-9H,6,10H2,1H3;3-4,7H,2,5-6H2,1H3. The first kappa shape index (κ1) is 17.7. The molecule has 2 nitrogen and oxygen atoms in total. The van der Waals surface area contributed by atoms with Gasteiger partial charge in [0, 0.05) is 6.42 Å². The highest BCUT2D eigenvalue weighted by atomic mass is 16.5. The van der Waals surface area contributed by atoms with Crippen molar-refractivity contribution >= 4 is 5.57 Å². The molecular weight excluding hydrogens is 332 g/mol. The SMILES string of the molecule is Cc1ccc2c(c1)CC1=C2CC=CC=C1.Cc1ccc2c(c1)OCCCO2. The number of benzene rings is 2. The third kappa shape index (κ3) is 4.00. The van der Waals surface area contributed by atoms with Crippen LogP contribution in [0.4, 0.5) is 0 Å². The van der Waals surface area contributed by atoms with E-state index >= 15 is 0 Å². The summed E-state index contributed by atoms with van der Waals surface area (Å²) in [5.74, 6) is 1.76. The molecule has 1 heterocycles. The molecule has 2 aliphatic carbocycles. The van der Waals surface area contributed by atoms with E-state index in [2.05, 4.69) is 56.4 Å². The van der Waals surface area contributed by atoms with Crippen LogP contribution in [-0.2, 0) is 6.42 Å². The Kier molecular flexibility index (Phi) is 5.15. The second kappa shape index (κ2) is 7.87. The van der Waals surface area contributed by atoms with Gasteiger partial charge in [0.25, 0.3) is 0 Å². The molecule has 0 fully saturated rings. The summed E-state index contributed by atoms with van der Waals surface area (Å²) in [5, 5.41) is 0. The lowest BCUT2D eigenvalue weighted by molar-refractivity contribution is 0.297. The molecular formula is C25H26O2. The van der Waals surface area contributed by atoms with Crippen LogP contribution in [0.25, 0.3) is 5.57 Å². The normalized spacial score (nSPS) is 16.7. The summed E-state index contributed by atoms with van der Waals surface area (Å²) in [6, 6.07) is 12.8. The molecule has 0 unspecified atom stereocenters. The minimum absolute atomic E-state index is 0.760. The van der Waals surface area contributed by atoms with Crippen molar-refractivity contribution in [1.82, 2.24) is 0 Å². The zero-order chi connectivity index (χ0) is 18.6. The zero-order valence-corrected chi connectivity index (χ0v) is 16.1. The second-order valence-corrected chi connectivity index (χ2v) is 7.33. The summed E-state index contributed by atoms with van der Waals surface area (Å²) in [7, 11) is 0. The highest BCUT2D eigenvalue weighted by molar-refractivity contribution is 5.80. The Hall–Kier alpha value is -2.74. The van der Waals surface area contributed by atoms with E-state index in [0.717, 1.165) is 44.0 Å². The van der Waals surface area contributed by atoms with E-state index in [1.54, 1.807) is 0 Å². The first-order chi connectivity index (χ1) is 13.2. The molecule has 0 N–H and O–H groups in total. The summed E-state index contributed by atoms with van der Waals surface area (Å²) in [6.45, 7) is 5.74. The summed E-state index contributed by atoms with van der Waals surface area (Å²) >= 11 is 0. The molecule has 5 rings (SSSR count). The maximum absolute atomic E-state index is 5.50. The fourth-order valence-electron chi connectivity index (χ4n) is 3.76. The average molecular weight is 358 g/mol. The minimum atomic E-state index is 0.760. The predicted molar refractivity (Wildman–Crippen MR) is 111 cm³/mol.